The molecule has 13 heteroatoms. The number of hydrogen-bond donors (Lipinski definition) is 5. The highest BCUT2D eigenvalue weighted by Crippen LogP contribution is 2.54. The maximum Gasteiger partial charge on any atom is 0.417 e. The summed E-state index contributed by atoms with van der Waals surface area (Å²) in [5.74, 6) is -8.50. The minimum absolute atomic E-state index is 0.0763. The molecular formula is C31H38F3N3O7. The number of ketones is 2. The second-order valence-corrected chi connectivity index (χ2v) is 12.8. The minimum atomic E-state index is -4.88. The molecule has 4 aliphatic rings. The predicted octanol–water partition coefficient (Wildman–Crippen LogP) is 3.15. The molecule has 1 saturated carbocycles. The molecule has 1 aromatic carbocycles. The summed E-state index contributed by atoms with van der Waals surface area (Å²) in [7, 11) is 2.96. The Balaban J connectivity index is 1.66. The van der Waals surface area contributed by atoms with Crippen LogP contribution in [0.15, 0.2) is 28.7 Å². The van der Waals surface area contributed by atoms with Crippen molar-refractivity contribution in [2.45, 2.75) is 69.8 Å². The van der Waals surface area contributed by atoms with Crippen LogP contribution in [0.4, 0.5) is 13.2 Å². The van der Waals surface area contributed by atoms with Crippen molar-refractivity contribution in [1.82, 2.24) is 9.80 Å². The molecular weight excluding hydrogens is 583 g/mol. The SMILES string of the molecule is CCCCN(Cc1cc(O)c2c(c1C(F)(F)F)C[C@H]1C[C@H]3[C@H](N(C)C)C(O)=C(C(N)=O)C(=O)[C@@]3(O)C(O)=C1C2=O)CC1CC1. The summed E-state index contributed by atoms with van der Waals surface area (Å²) < 4.78 is 44.5. The van der Waals surface area contributed by atoms with Gasteiger partial charge >= 0.3 is 6.18 Å². The van der Waals surface area contributed by atoms with E-state index in [-0.39, 0.29) is 18.5 Å². The van der Waals surface area contributed by atoms with Crippen molar-refractivity contribution in [1.29, 1.82) is 0 Å². The first-order valence-electron chi connectivity index (χ1n) is 14.9. The number of unbranched alkanes of at least 4 members (excludes halogenated alkanes) is 1. The zero-order valence-electron chi connectivity index (χ0n) is 24.9. The van der Waals surface area contributed by atoms with Crippen LogP contribution in [0.3, 0.4) is 0 Å². The van der Waals surface area contributed by atoms with Crippen LogP contribution in [0.5, 0.6) is 5.75 Å². The van der Waals surface area contributed by atoms with Gasteiger partial charge in [0.25, 0.3) is 5.91 Å². The minimum Gasteiger partial charge on any atom is -0.510 e. The van der Waals surface area contributed by atoms with E-state index in [9.17, 15) is 48.0 Å². The number of alkyl halides is 3. The lowest BCUT2D eigenvalue weighted by Crippen LogP contribution is -2.63. The van der Waals surface area contributed by atoms with Crippen LogP contribution in [0.25, 0.3) is 0 Å². The Morgan fingerprint density at radius 1 is 1.16 bits per heavy atom. The maximum absolute atomic E-state index is 14.8. The fourth-order valence-electron chi connectivity index (χ4n) is 7.39. The van der Waals surface area contributed by atoms with Crippen molar-refractivity contribution in [2.24, 2.45) is 23.5 Å². The fraction of sp³-hybridized carbons (Fsp3) is 0.581. The number of rotatable bonds is 9. The average Bonchev–Trinajstić information content (AvgIpc) is 3.72. The van der Waals surface area contributed by atoms with Gasteiger partial charge in [0.1, 0.15) is 22.8 Å². The molecule has 10 nitrogen and oxygen atoms in total. The number of likely N-dealkylation sites (N-methyl/N-ethyl adjacent to an activating group) is 1. The number of amides is 1. The third kappa shape index (κ3) is 5.08. The first kappa shape index (κ1) is 32.0. The second kappa shape index (κ2) is 11.2. The van der Waals surface area contributed by atoms with Crippen LogP contribution < -0.4 is 5.73 Å². The Morgan fingerprint density at radius 3 is 2.36 bits per heavy atom. The number of aromatic hydroxyl groups is 1. The van der Waals surface area contributed by atoms with Gasteiger partial charge in [-0.3, -0.25) is 24.2 Å². The Morgan fingerprint density at radius 2 is 1.82 bits per heavy atom. The number of aliphatic hydroxyl groups is 3. The van der Waals surface area contributed by atoms with E-state index in [0.29, 0.717) is 19.0 Å². The molecule has 1 fully saturated rings. The molecule has 1 aromatic rings. The van der Waals surface area contributed by atoms with E-state index in [1.165, 1.54) is 19.0 Å². The third-order valence-electron chi connectivity index (χ3n) is 9.53. The highest BCUT2D eigenvalue weighted by atomic mass is 19.4. The molecule has 0 unspecified atom stereocenters. The number of primary amides is 1. The van der Waals surface area contributed by atoms with Gasteiger partial charge in [-0.05, 0) is 81.8 Å². The summed E-state index contributed by atoms with van der Waals surface area (Å²) in [6, 6.07) is -0.291. The van der Waals surface area contributed by atoms with Crippen molar-refractivity contribution >= 4 is 17.5 Å². The number of phenolic OH excluding ortho intramolecular Hbond substituents is 1. The van der Waals surface area contributed by atoms with Crippen LogP contribution in [-0.2, 0) is 28.7 Å². The van der Waals surface area contributed by atoms with Gasteiger partial charge in [0.15, 0.2) is 11.4 Å². The normalized spacial score (nSPS) is 27.2. The molecule has 0 radical (unpaired) electrons. The summed E-state index contributed by atoms with van der Waals surface area (Å²) in [5, 5.41) is 45.0. The van der Waals surface area contributed by atoms with E-state index in [1.807, 2.05) is 11.8 Å². The summed E-state index contributed by atoms with van der Waals surface area (Å²) >= 11 is 0. The van der Waals surface area contributed by atoms with E-state index in [1.54, 1.807) is 0 Å². The first-order chi connectivity index (χ1) is 20.5. The molecule has 240 valence electrons. The zero-order valence-corrected chi connectivity index (χ0v) is 24.9. The monoisotopic (exact) mass is 621 g/mol. The molecule has 6 N–H and O–H groups in total. The zero-order chi connectivity index (χ0) is 32.5. The molecule has 1 amide bonds. The van der Waals surface area contributed by atoms with Gasteiger partial charge in [-0.15, -0.1) is 0 Å². The molecule has 4 aliphatic carbocycles. The van der Waals surface area contributed by atoms with Crippen molar-refractivity contribution in [2.75, 3.05) is 27.2 Å². The highest BCUT2D eigenvalue weighted by molar-refractivity contribution is 6.24. The van der Waals surface area contributed by atoms with E-state index in [2.05, 4.69) is 0 Å². The van der Waals surface area contributed by atoms with Crippen LogP contribution in [0.1, 0.15) is 66.1 Å². The van der Waals surface area contributed by atoms with Crippen LogP contribution in [0, 0.1) is 17.8 Å². The van der Waals surface area contributed by atoms with Gasteiger partial charge in [-0.2, -0.15) is 13.2 Å². The summed E-state index contributed by atoms with van der Waals surface area (Å²) in [4.78, 5) is 42.7. The number of allylic oxidation sites excluding steroid dienone is 1. The molecule has 0 saturated heterocycles. The first-order valence-corrected chi connectivity index (χ1v) is 14.9. The van der Waals surface area contributed by atoms with E-state index in [0.717, 1.165) is 31.7 Å². The highest BCUT2D eigenvalue weighted by Gasteiger charge is 2.63. The van der Waals surface area contributed by atoms with E-state index >= 15 is 0 Å². The lowest BCUT2D eigenvalue weighted by molar-refractivity contribution is -0.148. The predicted molar refractivity (Wildman–Crippen MR) is 152 cm³/mol. The number of carbonyl (C=O) groups is 3. The van der Waals surface area contributed by atoms with Gasteiger partial charge in [0.2, 0.25) is 5.78 Å². The number of halogens is 3. The molecule has 0 spiro atoms. The average molecular weight is 622 g/mol. The van der Waals surface area contributed by atoms with Crippen LogP contribution in [0.2, 0.25) is 0 Å². The van der Waals surface area contributed by atoms with Crippen molar-refractivity contribution in [3.05, 3.63) is 51.0 Å². The molecule has 5 rings (SSSR count). The Bertz CT molecular complexity index is 1480. The van der Waals surface area contributed by atoms with Crippen molar-refractivity contribution < 1.29 is 48.0 Å². The molecule has 44 heavy (non-hydrogen) atoms. The Kier molecular flexibility index (Phi) is 8.13. The second-order valence-electron chi connectivity index (χ2n) is 12.8. The van der Waals surface area contributed by atoms with Crippen molar-refractivity contribution in [3.8, 4) is 5.75 Å². The topological polar surface area (TPSA) is 165 Å². The molecule has 0 aliphatic heterocycles. The maximum atomic E-state index is 14.8. The van der Waals surface area contributed by atoms with Gasteiger partial charge in [-0.1, -0.05) is 13.3 Å². The van der Waals surface area contributed by atoms with Crippen LogP contribution >= 0.6 is 0 Å². The number of benzene rings is 1. The molecule has 0 aromatic heterocycles. The molecule has 0 bridgehead atoms. The summed E-state index contributed by atoms with van der Waals surface area (Å²) in [5.41, 5.74) is -1.23. The number of fused-ring (bicyclic) bond motifs is 3. The van der Waals surface area contributed by atoms with Gasteiger partial charge in [-0.25, -0.2) is 0 Å². The number of nitrogens with zero attached hydrogens (tertiary/aromatic N) is 2. The number of carbonyl (C=O) groups excluding carboxylic acids is 3. The quantitative estimate of drug-likeness (QED) is 0.261. The Labute approximate surface area is 252 Å². The molecule has 4 atom stereocenters. The number of Topliss-reactive ketones (excluding diaryl/α,β-unsaturated/α-hetero) is 2. The third-order valence-corrected chi connectivity index (χ3v) is 9.53. The number of phenols is 1. The van der Waals surface area contributed by atoms with E-state index < -0.39 is 98.7 Å². The van der Waals surface area contributed by atoms with E-state index in [4.69, 9.17) is 5.73 Å². The van der Waals surface area contributed by atoms with Gasteiger partial charge in [0.05, 0.1) is 17.2 Å². The van der Waals surface area contributed by atoms with Crippen LogP contribution in [-0.4, -0.2) is 86.5 Å². The van der Waals surface area contributed by atoms with Gasteiger partial charge < -0.3 is 26.2 Å². The Hall–Kier alpha value is -3.42. The van der Waals surface area contributed by atoms with Crippen molar-refractivity contribution in [3.63, 3.8) is 0 Å². The molecule has 0 heterocycles. The lowest BCUT2D eigenvalue weighted by atomic mass is 9.58. The lowest BCUT2D eigenvalue weighted by Gasteiger charge is -2.50. The number of hydrogen-bond acceptors (Lipinski definition) is 9. The van der Waals surface area contributed by atoms with Gasteiger partial charge in [0, 0.05) is 24.6 Å². The smallest absolute Gasteiger partial charge is 0.417 e. The summed E-state index contributed by atoms with van der Waals surface area (Å²) in [6.45, 7) is 3.12. The largest absolute Gasteiger partial charge is 0.510 e. The fourth-order valence-corrected chi connectivity index (χ4v) is 7.39. The standard InChI is InChI=1S/C31H38F3N3O7/c1-4-5-8-37(12-14-6-7-14)13-16-11-19(38)21-17(23(16)31(32,33)34)9-15-10-18-24(36(2)3)26(40)22(29(35)43)28(42)30(18,44)27(41)20(15)25(21)39/h11,14-15,18,24,38,40-41,44H,4-10,12-13H2,1-3H3,(H2,35,43)/t15-,18-,24-,30-/m0/s1. The number of aliphatic hydroxyl groups excluding tert-OH is 2. The summed E-state index contributed by atoms with van der Waals surface area (Å²) in [6.07, 6.45) is -1.95. The number of nitrogens with two attached hydrogens (primary N) is 1.